The van der Waals surface area contributed by atoms with Crippen molar-refractivity contribution in [3.05, 3.63) is 77.9 Å². The Morgan fingerprint density at radius 3 is 2.62 bits per heavy atom. The Balaban J connectivity index is 1.44. The number of aromatic nitrogens is 5. The summed E-state index contributed by atoms with van der Waals surface area (Å²) in [5, 5.41) is 8.25. The molecule has 0 aromatic carbocycles. The smallest absolute Gasteiger partial charge is 0.162 e. The Bertz CT molecular complexity index is 1430. The Labute approximate surface area is 201 Å². The van der Waals surface area contributed by atoms with Crippen LogP contribution >= 0.6 is 11.6 Å². The first-order valence-corrected chi connectivity index (χ1v) is 11.5. The summed E-state index contributed by atoms with van der Waals surface area (Å²) >= 11 is 5.95. The summed E-state index contributed by atoms with van der Waals surface area (Å²) in [6.07, 6.45) is 13.3. The summed E-state index contributed by atoms with van der Waals surface area (Å²) in [5.41, 5.74) is 3.89. The average Bonchev–Trinajstić information content (AvgIpc) is 2.85. The molecule has 1 fully saturated rings. The van der Waals surface area contributed by atoms with Gasteiger partial charge in [0.2, 0.25) is 0 Å². The average molecular weight is 469 g/mol. The maximum absolute atomic E-state index is 5.95. The van der Waals surface area contributed by atoms with E-state index < -0.39 is 0 Å². The van der Waals surface area contributed by atoms with Crippen molar-refractivity contribution in [2.75, 3.05) is 36.4 Å². The van der Waals surface area contributed by atoms with E-state index in [1.165, 1.54) is 0 Å². The number of pyridine rings is 3. The summed E-state index contributed by atoms with van der Waals surface area (Å²) in [6.45, 7) is 3.60. The number of nitrogens with one attached hydrogen (secondary N) is 2. The van der Waals surface area contributed by atoms with Gasteiger partial charge in [0.15, 0.2) is 5.82 Å². The maximum Gasteiger partial charge on any atom is 0.162 e. The van der Waals surface area contributed by atoms with E-state index in [1.54, 1.807) is 18.5 Å². The van der Waals surface area contributed by atoms with Gasteiger partial charge in [-0.3, -0.25) is 4.98 Å². The monoisotopic (exact) mass is 468 g/mol. The van der Waals surface area contributed by atoms with Gasteiger partial charge in [-0.05, 0) is 29.8 Å². The Kier molecular flexibility index (Phi) is 5.37. The van der Waals surface area contributed by atoms with Crippen molar-refractivity contribution in [3.8, 4) is 11.4 Å². The first-order valence-electron chi connectivity index (χ1n) is 11.1. The minimum atomic E-state index is 0.582. The third-order valence-corrected chi connectivity index (χ3v) is 6.09. The van der Waals surface area contributed by atoms with E-state index in [0.717, 1.165) is 59.6 Å². The molecule has 4 aromatic rings. The van der Waals surface area contributed by atoms with Crippen LogP contribution in [0.5, 0.6) is 0 Å². The maximum atomic E-state index is 5.95. The third-order valence-electron chi connectivity index (χ3n) is 5.87. The molecule has 0 saturated carbocycles. The molecule has 0 unspecified atom stereocenters. The van der Waals surface area contributed by atoms with Crippen LogP contribution in [0.1, 0.15) is 5.56 Å². The highest BCUT2D eigenvalue weighted by Crippen LogP contribution is 2.35. The fraction of sp³-hybridized carbons (Fsp3) is 0.160. The predicted octanol–water partition coefficient (Wildman–Crippen LogP) is 4.24. The number of hydrogen-bond donors (Lipinski definition) is 2. The molecule has 9 heteroatoms. The second kappa shape index (κ2) is 8.81. The lowest BCUT2D eigenvalue weighted by atomic mass is 9.97. The highest BCUT2D eigenvalue weighted by atomic mass is 35.5. The quantitative estimate of drug-likeness (QED) is 0.449. The zero-order valence-electron chi connectivity index (χ0n) is 18.2. The van der Waals surface area contributed by atoms with Crippen molar-refractivity contribution in [2.24, 2.45) is 0 Å². The Morgan fingerprint density at radius 2 is 1.85 bits per heavy atom. The fourth-order valence-corrected chi connectivity index (χ4v) is 4.22. The topological polar surface area (TPSA) is 91.8 Å². The van der Waals surface area contributed by atoms with Crippen molar-refractivity contribution in [1.29, 1.82) is 0 Å². The highest BCUT2D eigenvalue weighted by molar-refractivity contribution is 6.30. The number of anilines is 3. The molecule has 0 radical (unpaired) electrons. The van der Waals surface area contributed by atoms with Gasteiger partial charge in [-0.15, -0.1) is 0 Å². The second-order valence-corrected chi connectivity index (χ2v) is 8.52. The first kappa shape index (κ1) is 20.7. The number of fused-ring (bicyclic) bond motifs is 1. The van der Waals surface area contributed by atoms with E-state index in [1.807, 2.05) is 36.7 Å². The molecule has 0 atom stereocenters. The van der Waals surface area contributed by atoms with Gasteiger partial charge in [0.25, 0.3) is 0 Å². The molecule has 0 amide bonds. The van der Waals surface area contributed by atoms with E-state index in [0.29, 0.717) is 22.5 Å². The summed E-state index contributed by atoms with van der Waals surface area (Å²) in [6, 6.07) is 7.43. The number of hydrogen-bond acceptors (Lipinski definition) is 8. The molecule has 2 N–H and O–H groups in total. The van der Waals surface area contributed by atoms with Crippen LogP contribution in [-0.4, -0.2) is 51.1 Å². The van der Waals surface area contributed by atoms with Gasteiger partial charge in [0, 0.05) is 55.9 Å². The molecular weight excluding hydrogens is 448 g/mol. The van der Waals surface area contributed by atoms with Gasteiger partial charge < -0.3 is 15.5 Å². The largest absolute Gasteiger partial charge is 0.353 e. The molecule has 6 rings (SSSR count). The molecular formula is C25H21ClN8. The number of piperazine rings is 1. The van der Waals surface area contributed by atoms with Gasteiger partial charge in [-0.25, -0.2) is 19.9 Å². The van der Waals surface area contributed by atoms with Crippen LogP contribution < -0.4 is 15.5 Å². The van der Waals surface area contributed by atoms with Gasteiger partial charge in [0.05, 0.1) is 22.1 Å². The second-order valence-electron chi connectivity index (χ2n) is 8.09. The SMILES string of the molecule is Clc1ccc(Nc2cc(-c3nc(N4CCNCC4)c4c(C5=CC=C5)cncc4n3)ccn2)nc1. The normalized spacial score (nSPS) is 15.2. The van der Waals surface area contributed by atoms with E-state index in [-0.39, 0.29) is 0 Å². The van der Waals surface area contributed by atoms with Crippen LogP contribution in [0.15, 0.2) is 67.3 Å². The van der Waals surface area contributed by atoms with Crippen molar-refractivity contribution >= 4 is 45.5 Å². The van der Waals surface area contributed by atoms with E-state index >= 15 is 0 Å². The van der Waals surface area contributed by atoms with Crippen molar-refractivity contribution in [1.82, 2.24) is 30.2 Å². The molecule has 0 spiro atoms. The van der Waals surface area contributed by atoms with Crippen LogP contribution in [0.2, 0.25) is 5.02 Å². The van der Waals surface area contributed by atoms with Crippen LogP contribution in [0.4, 0.5) is 17.5 Å². The van der Waals surface area contributed by atoms with E-state index in [4.69, 9.17) is 21.6 Å². The lowest BCUT2D eigenvalue weighted by molar-refractivity contribution is 0.586. The molecule has 4 aromatic heterocycles. The first-order chi connectivity index (χ1) is 16.7. The van der Waals surface area contributed by atoms with Crippen LogP contribution in [0, 0.1) is 0 Å². The Morgan fingerprint density at radius 1 is 0.971 bits per heavy atom. The summed E-state index contributed by atoms with van der Waals surface area (Å²) < 4.78 is 0. The van der Waals surface area contributed by atoms with Crippen molar-refractivity contribution in [3.63, 3.8) is 0 Å². The minimum Gasteiger partial charge on any atom is -0.353 e. The molecule has 8 nitrogen and oxygen atoms in total. The zero-order valence-corrected chi connectivity index (χ0v) is 19.0. The Hall–Kier alpha value is -3.88. The third kappa shape index (κ3) is 3.98. The summed E-state index contributed by atoms with van der Waals surface area (Å²) in [7, 11) is 0. The van der Waals surface area contributed by atoms with Crippen LogP contribution in [-0.2, 0) is 0 Å². The summed E-state index contributed by atoms with van der Waals surface area (Å²) in [5.74, 6) is 2.88. The minimum absolute atomic E-state index is 0.582. The summed E-state index contributed by atoms with van der Waals surface area (Å²) in [4.78, 5) is 25.5. The van der Waals surface area contributed by atoms with Gasteiger partial charge in [-0.1, -0.05) is 29.8 Å². The van der Waals surface area contributed by atoms with Gasteiger partial charge >= 0.3 is 0 Å². The van der Waals surface area contributed by atoms with Crippen molar-refractivity contribution < 1.29 is 0 Å². The molecule has 2 aliphatic rings. The van der Waals surface area contributed by atoms with Gasteiger partial charge in [0.1, 0.15) is 17.5 Å². The molecule has 1 aliphatic heterocycles. The number of rotatable bonds is 5. The van der Waals surface area contributed by atoms with Crippen LogP contribution in [0.25, 0.3) is 27.9 Å². The lowest BCUT2D eigenvalue weighted by Crippen LogP contribution is -2.44. The lowest BCUT2D eigenvalue weighted by Gasteiger charge is -2.30. The molecule has 1 aliphatic carbocycles. The molecule has 0 bridgehead atoms. The van der Waals surface area contributed by atoms with Crippen LogP contribution in [0.3, 0.4) is 0 Å². The standard InChI is InChI=1S/C25H21ClN8/c26-18-4-5-21(30-13-18)32-22-12-17(6-7-29-22)24-31-20-15-28-14-19(16-2-1-3-16)23(20)25(33-24)34-10-8-27-9-11-34/h1-7,12-15,27H,8-11H2,(H,29,30,32). The number of nitrogens with zero attached hydrogens (tertiary/aromatic N) is 6. The van der Waals surface area contributed by atoms with E-state index in [2.05, 4.69) is 42.6 Å². The fourth-order valence-electron chi connectivity index (χ4n) is 4.11. The van der Waals surface area contributed by atoms with E-state index in [9.17, 15) is 0 Å². The molecule has 5 heterocycles. The molecule has 1 saturated heterocycles. The van der Waals surface area contributed by atoms with Crippen molar-refractivity contribution in [2.45, 2.75) is 0 Å². The number of allylic oxidation sites excluding steroid dienone is 4. The predicted molar refractivity (Wildman–Crippen MR) is 135 cm³/mol. The number of halogens is 1. The molecule has 34 heavy (non-hydrogen) atoms. The zero-order chi connectivity index (χ0) is 22.9. The molecule has 168 valence electrons. The van der Waals surface area contributed by atoms with Gasteiger partial charge in [-0.2, -0.15) is 0 Å². The highest BCUT2D eigenvalue weighted by Gasteiger charge is 2.21.